The quantitative estimate of drug-likeness (QED) is 0.830. The van der Waals surface area contributed by atoms with Gasteiger partial charge in [-0.25, -0.2) is 0 Å². The Hall–Kier alpha value is -1.55. The van der Waals surface area contributed by atoms with E-state index < -0.39 is 0 Å². The molecule has 0 unspecified atom stereocenters. The summed E-state index contributed by atoms with van der Waals surface area (Å²) in [6.45, 7) is 3.61. The number of ether oxygens (including phenoxy) is 2. The summed E-state index contributed by atoms with van der Waals surface area (Å²) in [6, 6.07) is 7.92. The SMILES string of the molecule is Cc1ccc(NCC(=O)OC2CCOCC2)cc1. The first-order valence-electron chi connectivity index (χ1n) is 6.32. The molecule has 0 bridgehead atoms. The van der Waals surface area contributed by atoms with Crippen molar-refractivity contribution in [2.75, 3.05) is 25.1 Å². The monoisotopic (exact) mass is 249 g/mol. The van der Waals surface area contributed by atoms with Crippen molar-refractivity contribution in [1.29, 1.82) is 0 Å². The van der Waals surface area contributed by atoms with Gasteiger partial charge in [0.15, 0.2) is 0 Å². The highest BCUT2D eigenvalue weighted by Crippen LogP contribution is 2.11. The largest absolute Gasteiger partial charge is 0.461 e. The summed E-state index contributed by atoms with van der Waals surface area (Å²) in [5.41, 5.74) is 2.13. The molecule has 1 aromatic rings. The van der Waals surface area contributed by atoms with Crippen LogP contribution in [-0.2, 0) is 14.3 Å². The van der Waals surface area contributed by atoms with Crippen molar-refractivity contribution in [2.24, 2.45) is 0 Å². The molecule has 1 aliphatic rings. The second-order valence-electron chi connectivity index (χ2n) is 4.52. The number of anilines is 1. The van der Waals surface area contributed by atoms with Crippen molar-refractivity contribution >= 4 is 11.7 Å². The molecule has 0 atom stereocenters. The Labute approximate surface area is 107 Å². The molecule has 0 radical (unpaired) electrons. The van der Waals surface area contributed by atoms with E-state index >= 15 is 0 Å². The fraction of sp³-hybridized carbons (Fsp3) is 0.500. The van der Waals surface area contributed by atoms with E-state index in [1.165, 1.54) is 5.56 Å². The molecule has 1 aromatic carbocycles. The second-order valence-corrected chi connectivity index (χ2v) is 4.52. The highest BCUT2D eigenvalue weighted by molar-refractivity contribution is 5.75. The molecule has 1 fully saturated rings. The number of aryl methyl sites for hydroxylation is 1. The van der Waals surface area contributed by atoms with Gasteiger partial charge in [-0.3, -0.25) is 4.79 Å². The summed E-state index contributed by atoms with van der Waals surface area (Å²) in [5.74, 6) is -0.206. The predicted octanol–water partition coefficient (Wildman–Crippen LogP) is 2.13. The van der Waals surface area contributed by atoms with Crippen molar-refractivity contribution in [2.45, 2.75) is 25.9 Å². The predicted molar refractivity (Wildman–Crippen MR) is 69.6 cm³/mol. The fourth-order valence-electron chi connectivity index (χ4n) is 1.87. The Balaban J connectivity index is 1.72. The molecule has 0 aliphatic carbocycles. The molecular formula is C14H19NO3. The zero-order valence-electron chi connectivity index (χ0n) is 10.6. The van der Waals surface area contributed by atoms with Crippen LogP contribution in [-0.4, -0.2) is 31.8 Å². The van der Waals surface area contributed by atoms with Gasteiger partial charge in [0.1, 0.15) is 12.6 Å². The van der Waals surface area contributed by atoms with Crippen molar-refractivity contribution < 1.29 is 14.3 Å². The lowest BCUT2D eigenvalue weighted by Gasteiger charge is -2.22. The van der Waals surface area contributed by atoms with Crippen LogP contribution in [0, 0.1) is 6.92 Å². The van der Waals surface area contributed by atoms with Crippen LogP contribution in [0.15, 0.2) is 24.3 Å². The topological polar surface area (TPSA) is 47.6 Å². The molecule has 1 N–H and O–H groups in total. The zero-order valence-corrected chi connectivity index (χ0v) is 10.6. The molecule has 2 rings (SSSR count). The number of esters is 1. The van der Waals surface area contributed by atoms with E-state index in [4.69, 9.17) is 9.47 Å². The lowest BCUT2D eigenvalue weighted by Crippen LogP contribution is -2.28. The Kier molecular flexibility index (Phi) is 4.59. The molecule has 98 valence electrons. The Morgan fingerprint density at radius 3 is 2.67 bits per heavy atom. The number of carbonyl (C=O) groups is 1. The van der Waals surface area contributed by atoms with Gasteiger partial charge in [0.25, 0.3) is 0 Å². The van der Waals surface area contributed by atoms with Gasteiger partial charge in [-0.2, -0.15) is 0 Å². The highest BCUT2D eigenvalue weighted by Gasteiger charge is 2.17. The van der Waals surface area contributed by atoms with Gasteiger partial charge in [-0.1, -0.05) is 17.7 Å². The third-order valence-electron chi connectivity index (χ3n) is 2.95. The molecule has 1 saturated heterocycles. The van der Waals surface area contributed by atoms with Crippen LogP contribution in [0.4, 0.5) is 5.69 Å². The van der Waals surface area contributed by atoms with Crippen LogP contribution in [0.25, 0.3) is 0 Å². The third kappa shape index (κ3) is 4.04. The molecule has 1 heterocycles. The smallest absolute Gasteiger partial charge is 0.325 e. The molecule has 0 aromatic heterocycles. The Morgan fingerprint density at radius 2 is 2.00 bits per heavy atom. The maximum absolute atomic E-state index is 11.6. The van der Waals surface area contributed by atoms with E-state index in [9.17, 15) is 4.79 Å². The summed E-state index contributed by atoms with van der Waals surface area (Å²) >= 11 is 0. The first-order valence-corrected chi connectivity index (χ1v) is 6.32. The van der Waals surface area contributed by atoms with Gasteiger partial charge in [0.2, 0.25) is 0 Å². The number of carbonyl (C=O) groups excluding carboxylic acids is 1. The van der Waals surface area contributed by atoms with Gasteiger partial charge in [-0.05, 0) is 19.1 Å². The molecule has 18 heavy (non-hydrogen) atoms. The van der Waals surface area contributed by atoms with Gasteiger partial charge < -0.3 is 14.8 Å². The number of rotatable bonds is 4. The van der Waals surface area contributed by atoms with Crippen LogP contribution in [0.1, 0.15) is 18.4 Å². The van der Waals surface area contributed by atoms with Gasteiger partial charge in [0, 0.05) is 18.5 Å². The Morgan fingerprint density at radius 1 is 1.33 bits per heavy atom. The normalized spacial score (nSPS) is 16.3. The summed E-state index contributed by atoms with van der Waals surface area (Å²) in [4.78, 5) is 11.6. The van der Waals surface area contributed by atoms with E-state index in [-0.39, 0.29) is 18.6 Å². The zero-order chi connectivity index (χ0) is 12.8. The van der Waals surface area contributed by atoms with Crippen LogP contribution in [0.2, 0.25) is 0 Å². The minimum absolute atomic E-state index is 0.0195. The molecule has 0 saturated carbocycles. The van der Waals surface area contributed by atoms with Crippen LogP contribution in [0.5, 0.6) is 0 Å². The first kappa shape index (κ1) is 12.9. The maximum atomic E-state index is 11.6. The lowest BCUT2D eigenvalue weighted by atomic mass is 10.1. The minimum atomic E-state index is -0.206. The molecule has 4 nitrogen and oxygen atoms in total. The van der Waals surface area contributed by atoms with E-state index in [1.54, 1.807) is 0 Å². The third-order valence-corrected chi connectivity index (χ3v) is 2.95. The van der Waals surface area contributed by atoms with Crippen LogP contribution >= 0.6 is 0 Å². The van der Waals surface area contributed by atoms with E-state index in [2.05, 4.69) is 5.32 Å². The average Bonchev–Trinajstić information content (AvgIpc) is 2.39. The summed E-state index contributed by atoms with van der Waals surface area (Å²) in [6.07, 6.45) is 1.62. The summed E-state index contributed by atoms with van der Waals surface area (Å²) in [5, 5.41) is 3.06. The number of hydrogen-bond donors (Lipinski definition) is 1. The standard InChI is InChI=1S/C14H19NO3/c1-11-2-4-12(5-3-11)15-10-14(16)18-13-6-8-17-9-7-13/h2-5,13,15H,6-10H2,1H3. The minimum Gasteiger partial charge on any atom is -0.461 e. The fourth-order valence-corrected chi connectivity index (χ4v) is 1.87. The van der Waals surface area contributed by atoms with Crippen LogP contribution < -0.4 is 5.32 Å². The summed E-state index contributed by atoms with van der Waals surface area (Å²) in [7, 11) is 0. The van der Waals surface area contributed by atoms with E-state index in [0.29, 0.717) is 13.2 Å². The summed E-state index contributed by atoms with van der Waals surface area (Å²) < 4.78 is 10.6. The van der Waals surface area contributed by atoms with Crippen molar-refractivity contribution in [3.63, 3.8) is 0 Å². The molecule has 4 heteroatoms. The van der Waals surface area contributed by atoms with Gasteiger partial charge >= 0.3 is 5.97 Å². The second kappa shape index (κ2) is 6.40. The number of hydrogen-bond acceptors (Lipinski definition) is 4. The van der Waals surface area contributed by atoms with Gasteiger partial charge in [0.05, 0.1) is 13.2 Å². The van der Waals surface area contributed by atoms with Crippen LogP contribution in [0.3, 0.4) is 0 Å². The first-order chi connectivity index (χ1) is 8.74. The Bertz CT molecular complexity index is 383. The number of nitrogens with one attached hydrogen (secondary N) is 1. The highest BCUT2D eigenvalue weighted by atomic mass is 16.6. The number of benzene rings is 1. The molecule has 0 spiro atoms. The van der Waals surface area contributed by atoms with Gasteiger partial charge in [-0.15, -0.1) is 0 Å². The lowest BCUT2D eigenvalue weighted by molar-refractivity contribution is -0.150. The van der Waals surface area contributed by atoms with Crippen molar-refractivity contribution in [1.82, 2.24) is 0 Å². The van der Waals surface area contributed by atoms with Crippen molar-refractivity contribution in [3.8, 4) is 0 Å². The maximum Gasteiger partial charge on any atom is 0.325 e. The molecular weight excluding hydrogens is 230 g/mol. The average molecular weight is 249 g/mol. The van der Waals surface area contributed by atoms with E-state index in [1.807, 2.05) is 31.2 Å². The molecule has 1 aliphatic heterocycles. The van der Waals surface area contributed by atoms with Crippen molar-refractivity contribution in [3.05, 3.63) is 29.8 Å². The molecule has 0 amide bonds. The van der Waals surface area contributed by atoms with E-state index in [0.717, 1.165) is 18.5 Å².